The number of rotatable bonds is 8. The number of hydrogen-bond donors (Lipinski definition) is 2. The Kier molecular flexibility index (Phi) is 7.63. The van der Waals surface area contributed by atoms with Crippen molar-refractivity contribution in [2.75, 3.05) is 32.7 Å². The van der Waals surface area contributed by atoms with Crippen LogP contribution in [0.5, 0.6) is 0 Å². The summed E-state index contributed by atoms with van der Waals surface area (Å²) >= 11 is 0. The predicted octanol–water partition coefficient (Wildman–Crippen LogP) is 2.02. The second kappa shape index (κ2) is 10.1. The lowest BCUT2D eigenvalue weighted by molar-refractivity contribution is 0.0696. The molecular formula is C21H28F2N4O4S. The zero-order valence-electron chi connectivity index (χ0n) is 18.1. The van der Waals surface area contributed by atoms with Gasteiger partial charge in [0.05, 0.1) is 17.0 Å². The highest BCUT2D eigenvalue weighted by atomic mass is 32.2. The zero-order chi connectivity index (χ0) is 23.5. The van der Waals surface area contributed by atoms with E-state index in [0.717, 1.165) is 6.07 Å². The van der Waals surface area contributed by atoms with E-state index in [-0.39, 0.29) is 23.0 Å². The molecule has 0 saturated carbocycles. The van der Waals surface area contributed by atoms with E-state index in [9.17, 15) is 26.8 Å². The molecule has 32 heavy (non-hydrogen) atoms. The molecule has 0 spiro atoms. The summed E-state index contributed by atoms with van der Waals surface area (Å²) in [6.45, 7) is 4.69. The van der Waals surface area contributed by atoms with Crippen LogP contribution in [0.1, 0.15) is 37.0 Å². The Labute approximate surface area is 185 Å². The number of pyridine rings is 1. The monoisotopic (exact) mass is 470 g/mol. The average molecular weight is 471 g/mol. The summed E-state index contributed by atoms with van der Waals surface area (Å²) in [5, 5.41) is 3.19. The Hall–Kier alpha value is -2.37. The van der Waals surface area contributed by atoms with Crippen molar-refractivity contribution >= 4 is 26.8 Å². The number of fused-ring (bicyclic) bond motifs is 1. The predicted molar refractivity (Wildman–Crippen MR) is 118 cm³/mol. The minimum absolute atomic E-state index is 0.0371. The molecule has 0 bridgehead atoms. The number of nitrogens with zero attached hydrogens (tertiary/aromatic N) is 2. The number of halogens is 2. The van der Waals surface area contributed by atoms with Gasteiger partial charge in [0.15, 0.2) is 0 Å². The summed E-state index contributed by atoms with van der Waals surface area (Å²) in [5.74, 6) is -0.495. The third-order valence-electron chi connectivity index (χ3n) is 5.72. The smallest absolute Gasteiger partial charge is 0.252 e. The number of sulfonamides is 1. The topological polar surface area (TPSA) is 103 Å². The molecule has 3 rings (SSSR count). The van der Waals surface area contributed by atoms with Crippen LogP contribution in [0.4, 0.5) is 8.78 Å². The summed E-state index contributed by atoms with van der Waals surface area (Å²) < 4.78 is 52.2. The first kappa shape index (κ1) is 24.3. The third-order valence-corrected chi connectivity index (χ3v) is 7.77. The van der Waals surface area contributed by atoms with Crippen molar-refractivity contribution in [2.45, 2.75) is 44.1 Å². The minimum atomic E-state index is -3.75. The highest BCUT2D eigenvalue weighted by Crippen LogP contribution is 2.23. The van der Waals surface area contributed by atoms with Gasteiger partial charge in [-0.2, -0.15) is 4.31 Å². The first-order chi connectivity index (χ1) is 15.1. The van der Waals surface area contributed by atoms with Gasteiger partial charge >= 0.3 is 0 Å². The number of likely N-dealkylation sites (tertiary alicyclic amines) is 1. The number of carbonyl (C=O) groups excluding carboxylic acids is 1. The highest BCUT2D eigenvalue weighted by Gasteiger charge is 2.25. The van der Waals surface area contributed by atoms with Gasteiger partial charge in [-0.1, -0.05) is 13.8 Å². The Bertz CT molecular complexity index is 1120. The molecule has 2 N–H and O–H groups in total. The van der Waals surface area contributed by atoms with Crippen LogP contribution >= 0.6 is 0 Å². The quantitative estimate of drug-likeness (QED) is 0.615. The standard InChI is InChI=1S/C21H28F2N4O4S/c1-3-27(4-2)32(30,31)15-5-6-18-16(11-15)17(12-20(28)25-18)21(29)24-14-7-9-26(10-8-14)13-19(22)23/h5-6,11-12,14,19H,3-4,7-10,13H2,1-2H3,(H,24,29)(H,25,28). The highest BCUT2D eigenvalue weighted by molar-refractivity contribution is 7.89. The molecule has 1 aromatic carbocycles. The molecule has 1 fully saturated rings. The van der Waals surface area contributed by atoms with Crippen LogP contribution in [-0.2, 0) is 10.0 Å². The molecule has 176 valence electrons. The molecule has 1 aromatic heterocycles. The Balaban J connectivity index is 1.87. The van der Waals surface area contributed by atoms with E-state index in [1.165, 1.54) is 22.5 Å². The zero-order valence-corrected chi connectivity index (χ0v) is 18.9. The van der Waals surface area contributed by atoms with Crippen molar-refractivity contribution < 1.29 is 22.0 Å². The second-order valence-corrected chi connectivity index (χ2v) is 9.72. The van der Waals surface area contributed by atoms with Crippen LogP contribution in [0.15, 0.2) is 34.0 Å². The molecule has 1 saturated heterocycles. The van der Waals surface area contributed by atoms with E-state index in [0.29, 0.717) is 49.9 Å². The normalized spacial score (nSPS) is 16.2. The lowest BCUT2D eigenvalue weighted by Crippen LogP contribution is -2.45. The summed E-state index contributed by atoms with van der Waals surface area (Å²) in [7, 11) is -3.75. The Morgan fingerprint density at radius 1 is 1.22 bits per heavy atom. The number of nitrogens with one attached hydrogen (secondary N) is 2. The number of aromatic amines is 1. The van der Waals surface area contributed by atoms with Gasteiger partial charge < -0.3 is 10.3 Å². The van der Waals surface area contributed by atoms with Crippen LogP contribution in [0.2, 0.25) is 0 Å². The summed E-state index contributed by atoms with van der Waals surface area (Å²) in [5.41, 5.74) is -0.0444. The van der Waals surface area contributed by atoms with E-state index >= 15 is 0 Å². The van der Waals surface area contributed by atoms with Crippen molar-refractivity contribution in [3.63, 3.8) is 0 Å². The molecule has 2 aromatic rings. The van der Waals surface area contributed by atoms with E-state index in [4.69, 9.17) is 0 Å². The number of amides is 1. The van der Waals surface area contributed by atoms with Crippen LogP contribution in [0.25, 0.3) is 10.9 Å². The molecule has 2 heterocycles. The minimum Gasteiger partial charge on any atom is -0.349 e. The van der Waals surface area contributed by atoms with E-state index in [1.54, 1.807) is 18.7 Å². The number of carbonyl (C=O) groups is 1. The molecule has 11 heteroatoms. The molecule has 1 aliphatic rings. The molecule has 0 aliphatic carbocycles. The van der Waals surface area contributed by atoms with E-state index in [1.807, 2.05) is 0 Å². The molecule has 1 amide bonds. The largest absolute Gasteiger partial charge is 0.349 e. The maximum Gasteiger partial charge on any atom is 0.252 e. The summed E-state index contributed by atoms with van der Waals surface area (Å²) in [4.78, 5) is 29.4. The van der Waals surface area contributed by atoms with E-state index < -0.39 is 27.9 Å². The van der Waals surface area contributed by atoms with Crippen LogP contribution < -0.4 is 10.9 Å². The lowest BCUT2D eigenvalue weighted by Gasteiger charge is -2.32. The fraction of sp³-hybridized carbons (Fsp3) is 0.524. The van der Waals surface area contributed by atoms with Crippen molar-refractivity contribution in [3.8, 4) is 0 Å². The van der Waals surface area contributed by atoms with Crippen LogP contribution in [-0.4, -0.2) is 73.7 Å². The van der Waals surface area contributed by atoms with Gasteiger partial charge in [-0.3, -0.25) is 14.5 Å². The van der Waals surface area contributed by atoms with Gasteiger partial charge in [-0.15, -0.1) is 0 Å². The van der Waals surface area contributed by atoms with Gasteiger partial charge in [-0.05, 0) is 31.0 Å². The maximum atomic E-state index is 13.0. The van der Waals surface area contributed by atoms with Crippen LogP contribution in [0, 0.1) is 0 Å². The number of aromatic nitrogens is 1. The van der Waals surface area contributed by atoms with Gasteiger partial charge in [0.1, 0.15) is 0 Å². The van der Waals surface area contributed by atoms with Crippen molar-refractivity contribution in [1.82, 2.24) is 19.5 Å². The number of alkyl halides is 2. The number of hydrogen-bond acceptors (Lipinski definition) is 5. The molecular weight excluding hydrogens is 442 g/mol. The third kappa shape index (κ3) is 5.33. The molecule has 1 aliphatic heterocycles. The summed E-state index contributed by atoms with van der Waals surface area (Å²) in [6.07, 6.45) is -1.37. The van der Waals surface area contributed by atoms with Gasteiger partial charge in [-0.25, -0.2) is 17.2 Å². The number of benzene rings is 1. The van der Waals surface area contributed by atoms with Gasteiger partial charge in [0.2, 0.25) is 15.6 Å². The van der Waals surface area contributed by atoms with Gasteiger partial charge in [0.25, 0.3) is 12.3 Å². The lowest BCUT2D eigenvalue weighted by atomic mass is 10.0. The van der Waals surface area contributed by atoms with Crippen LogP contribution in [0.3, 0.4) is 0 Å². The first-order valence-corrected chi connectivity index (χ1v) is 12.1. The first-order valence-electron chi connectivity index (χ1n) is 10.6. The Morgan fingerprint density at radius 3 is 2.47 bits per heavy atom. The summed E-state index contributed by atoms with van der Waals surface area (Å²) in [6, 6.07) is 5.23. The Morgan fingerprint density at radius 2 is 1.88 bits per heavy atom. The van der Waals surface area contributed by atoms with Crippen molar-refractivity contribution in [2.24, 2.45) is 0 Å². The maximum absolute atomic E-state index is 13.0. The fourth-order valence-electron chi connectivity index (χ4n) is 4.01. The SMILES string of the molecule is CCN(CC)S(=O)(=O)c1ccc2[nH]c(=O)cc(C(=O)NC3CCN(CC(F)F)CC3)c2c1. The average Bonchev–Trinajstić information content (AvgIpc) is 2.74. The number of piperidine rings is 1. The van der Waals surface area contributed by atoms with E-state index in [2.05, 4.69) is 10.3 Å². The fourth-order valence-corrected chi connectivity index (χ4v) is 5.50. The van der Waals surface area contributed by atoms with Gasteiger partial charge in [0, 0.05) is 49.2 Å². The molecule has 0 radical (unpaired) electrons. The second-order valence-electron chi connectivity index (χ2n) is 7.78. The van der Waals surface area contributed by atoms with Crippen molar-refractivity contribution in [1.29, 1.82) is 0 Å². The molecule has 8 nitrogen and oxygen atoms in total. The van der Waals surface area contributed by atoms with Crippen molar-refractivity contribution in [3.05, 3.63) is 40.2 Å². The molecule has 0 unspecified atom stereocenters. The number of H-pyrrole nitrogens is 1. The molecule has 0 atom stereocenters.